The minimum Gasteiger partial charge on any atom is -0.473 e. The zero-order valence-corrected chi connectivity index (χ0v) is 8.40. The lowest BCUT2D eigenvalue weighted by Gasteiger charge is -2.13. The summed E-state index contributed by atoms with van der Waals surface area (Å²) in [6.07, 6.45) is 0. The number of quaternary nitrogens is 1. The first-order valence-electron chi connectivity index (χ1n) is 4.93. The summed E-state index contributed by atoms with van der Waals surface area (Å²) < 4.78 is 0. The van der Waals surface area contributed by atoms with Crippen molar-refractivity contribution in [2.45, 2.75) is 13.0 Å². The first-order chi connectivity index (χ1) is 6.83. The summed E-state index contributed by atoms with van der Waals surface area (Å²) in [6, 6.07) is 15.3. The first kappa shape index (κ1) is 9.22. The molecule has 2 N–H and O–H groups in total. The van der Waals surface area contributed by atoms with E-state index in [2.05, 4.69) is 56.4 Å². The van der Waals surface area contributed by atoms with E-state index >= 15 is 0 Å². The quantitative estimate of drug-likeness (QED) is 0.691. The van der Waals surface area contributed by atoms with Crippen LogP contribution in [0.4, 0.5) is 0 Å². The number of hydrogen-bond donors (Lipinski definition) is 1. The molecule has 1 heteroatoms. The molecule has 2 aromatic carbocycles. The van der Waals surface area contributed by atoms with Crippen molar-refractivity contribution in [3.63, 3.8) is 0 Å². The van der Waals surface area contributed by atoms with Crippen molar-refractivity contribution in [3.8, 4) is 0 Å². The Labute approximate surface area is 84.8 Å². The topological polar surface area (TPSA) is 16.6 Å². The molecular weight excluding hydrogens is 170 g/mol. The number of rotatable bonds is 2. The molecule has 0 fully saturated rings. The average molecular weight is 185 g/mol. The fourth-order valence-corrected chi connectivity index (χ4v) is 1.77. The maximum atomic E-state index is 3.84. The van der Waals surface area contributed by atoms with Crippen molar-refractivity contribution >= 4 is 10.8 Å². The Bertz CT molecular complexity index is 429. The van der Waals surface area contributed by atoms with Gasteiger partial charge in [-0.3, -0.25) is 0 Å². The predicted molar refractivity (Wildman–Crippen MR) is 59.6 cm³/mol. The van der Waals surface area contributed by atoms with E-state index in [-0.39, 0.29) is 0 Å². The molecule has 0 saturated heterocycles. The Balaban J connectivity index is 2.65. The lowest BCUT2D eigenvalue weighted by atomic mass is 10.00. The van der Waals surface area contributed by atoms with Crippen LogP contribution in [0, 0.1) is 7.05 Å². The van der Waals surface area contributed by atoms with Crippen LogP contribution in [0.1, 0.15) is 18.5 Å². The maximum Gasteiger partial charge on any atom is 0.0854 e. The molecule has 2 rings (SSSR count). The second kappa shape index (κ2) is 3.81. The number of benzene rings is 2. The van der Waals surface area contributed by atoms with E-state index in [1.165, 1.54) is 16.3 Å². The Morgan fingerprint density at radius 1 is 1.07 bits per heavy atom. The highest BCUT2D eigenvalue weighted by molar-refractivity contribution is 5.85. The van der Waals surface area contributed by atoms with Gasteiger partial charge in [0.25, 0.3) is 0 Å². The Kier molecular flexibility index (Phi) is 2.51. The summed E-state index contributed by atoms with van der Waals surface area (Å²) in [7, 11) is 3.84. The molecule has 0 unspecified atom stereocenters. The standard InChI is InChI=1S/C13H15N/c1-10(14-2)12-9-5-7-11-6-3-4-8-13(11)12/h3-10H,2,14H2,1H3/t10-/m1/s1. The SMILES string of the molecule is [CH2-][NH2+][C@H](C)c1cccc2ccccc12. The molecule has 1 atom stereocenters. The van der Waals surface area contributed by atoms with Gasteiger partial charge in [0.05, 0.1) is 6.04 Å². The molecule has 0 saturated carbocycles. The Morgan fingerprint density at radius 2 is 1.79 bits per heavy atom. The molecule has 0 aliphatic carbocycles. The van der Waals surface area contributed by atoms with Crippen molar-refractivity contribution in [1.82, 2.24) is 0 Å². The van der Waals surface area contributed by atoms with Gasteiger partial charge < -0.3 is 5.32 Å². The van der Waals surface area contributed by atoms with Gasteiger partial charge in [-0.2, -0.15) is 7.05 Å². The van der Waals surface area contributed by atoms with Crippen molar-refractivity contribution in [2.24, 2.45) is 0 Å². The summed E-state index contributed by atoms with van der Waals surface area (Å²) in [6.45, 7) is 2.18. The summed E-state index contributed by atoms with van der Waals surface area (Å²) in [4.78, 5) is 0. The van der Waals surface area contributed by atoms with Crippen molar-refractivity contribution in [1.29, 1.82) is 0 Å². The van der Waals surface area contributed by atoms with Crippen molar-refractivity contribution in [3.05, 3.63) is 55.1 Å². The summed E-state index contributed by atoms with van der Waals surface area (Å²) in [5, 5.41) is 4.63. The Morgan fingerprint density at radius 3 is 2.57 bits per heavy atom. The molecule has 0 heterocycles. The molecule has 2 aromatic rings. The van der Waals surface area contributed by atoms with Crippen LogP contribution < -0.4 is 5.32 Å². The fourth-order valence-electron chi connectivity index (χ4n) is 1.77. The molecular formula is C13H15N. The van der Waals surface area contributed by atoms with Gasteiger partial charge >= 0.3 is 0 Å². The minimum absolute atomic E-state index is 0.418. The molecule has 0 bridgehead atoms. The van der Waals surface area contributed by atoms with Crippen molar-refractivity contribution in [2.75, 3.05) is 0 Å². The molecule has 0 aliphatic rings. The molecule has 0 aliphatic heterocycles. The van der Waals surface area contributed by atoms with Crippen LogP contribution in [-0.4, -0.2) is 0 Å². The lowest BCUT2D eigenvalue weighted by Crippen LogP contribution is -2.77. The average Bonchev–Trinajstić information content (AvgIpc) is 2.27. The van der Waals surface area contributed by atoms with Gasteiger partial charge in [-0.25, -0.2) is 0 Å². The molecule has 0 radical (unpaired) electrons. The first-order valence-corrected chi connectivity index (χ1v) is 4.93. The van der Waals surface area contributed by atoms with E-state index in [9.17, 15) is 0 Å². The number of hydrogen-bond acceptors (Lipinski definition) is 0. The van der Waals surface area contributed by atoms with Crippen LogP contribution >= 0.6 is 0 Å². The monoisotopic (exact) mass is 185 g/mol. The third-order valence-corrected chi connectivity index (χ3v) is 2.67. The largest absolute Gasteiger partial charge is 0.473 e. The molecule has 72 valence electrons. The van der Waals surface area contributed by atoms with Crippen LogP contribution in [0.25, 0.3) is 10.8 Å². The van der Waals surface area contributed by atoms with Gasteiger partial charge in [-0.1, -0.05) is 42.5 Å². The van der Waals surface area contributed by atoms with Gasteiger partial charge in [0.2, 0.25) is 0 Å². The van der Waals surface area contributed by atoms with Gasteiger partial charge in [0, 0.05) is 5.56 Å². The van der Waals surface area contributed by atoms with E-state index in [0.717, 1.165) is 0 Å². The highest BCUT2D eigenvalue weighted by atomic mass is 14.8. The third-order valence-electron chi connectivity index (χ3n) is 2.67. The summed E-state index contributed by atoms with van der Waals surface area (Å²) >= 11 is 0. The second-order valence-electron chi connectivity index (χ2n) is 3.59. The van der Waals surface area contributed by atoms with E-state index in [1.54, 1.807) is 0 Å². The lowest BCUT2D eigenvalue weighted by molar-refractivity contribution is -0.636. The number of nitrogens with two attached hydrogens (primary N) is 1. The smallest absolute Gasteiger partial charge is 0.0854 e. The van der Waals surface area contributed by atoms with Crippen LogP contribution in [0.3, 0.4) is 0 Å². The van der Waals surface area contributed by atoms with Gasteiger partial charge in [0.1, 0.15) is 0 Å². The Hall–Kier alpha value is -1.34. The predicted octanol–water partition coefficient (Wildman–Crippen LogP) is 2.26. The summed E-state index contributed by atoms with van der Waals surface area (Å²) in [5.41, 5.74) is 1.36. The maximum absolute atomic E-state index is 3.84. The van der Waals surface area contributed by atoms with E-state index in [0.29, 0.717) is 6.04 Å². The molecule has 14 heavy (non-hydrogen) atoms. The van der Waals surface area contributed by atoms with Crippen LogP contribution in [0.2, 0.25) is 0 Å². The molecule has 1 nitrogen and oxygen atoms in total. The zero-order chi connectivity index (χ0) is 9.97. The number of fused-ring (bicyclic) bond motifs is 1. The van der Waals surface area contributed by atoms with Gasteiger partial charge in [-0.05, 0) is 17.7 Å². The zero-order valence-electron chi connectivity index (χ0n) is 8.40. The highest BCUT2D eigenvalue weighted by Crippen LogP contribution is 2.21. The molecule has 0 amide bonds. The van der Waals surface area contributed by atoms with Crippen LogP contribution in [0.15, 0.2) is 42.5 Å². The summed E-state index contributed by atoms with van der Waals surface area (Å²) in [5.74, 6) is 0. The highest BCUT2D eigenvalue weighted by Gasteiger charge is 2.06. The normalized spacial score (nSPS) is 13.0. The minimum atomic E-state index is 0.418. The second-order valence-corrected chi connectivity index (χ2v) is 3.59. The fraction of sp³-hybridized carbons (Fsp3) is 0.154. The van der Waals surface area contributed by atoms with Gasteiger partial charge in [0.15, 0.2) is 0 Å². The molecule has 0 aromatic heterocycles. The van der Waals surface area contributed by atoms with Gasteiger partial charge in [-0.15, -0.1) is 0 Å². The van der Waals surface area contributed by atoms with E-state index in [1.807, 2.05) is 5.32 Å². The van der Waals surface area contributed by atoms with Crippen LogP contribution in [0.5, 0.6) is 0 Å². The van der Waals surface area contributed by atoms with Crippen LogP contribution in [-0.2, 0) is 0 Å². The third kappa shape index (κ3) is 1.51. The van der Waals surface area contributed by atoms with E-state index < -0.39 is 0 Å². The molecule has 0 spiro atoms. The van der Waals surface area contributed by atoms with Crippen molar-refractivity contribution < 1.29 is 5.32 Å². The van der Waals surface area contributed by atoms with E-state index in [4.69, 9.17) is 0 Å².